The highest BCUT2D eigenvalue weighted by Crippen LogP contribution is 2.12. The van der Waals surface area contributed by atoms with Gasteiger partial charge in [0.25, 0.3) is 0 Å². The Hall–Kier alpha value is -1.36. The Balaban J connectivity index is 1.82. The molecule has 0 spiro atoms. The second-order valence-corrected chi connectivity index (χ2v) is 4.72. The summed E-state index contributed by atoms with van der Waals surface area (Å²) in [6.07, 6.45) is 6.14. The largest absolute Gasteiger partial charge is 0.333 e. The summed E-state index contributed by atoms with van der Waals surface area (Å²) in [5, 5.41) is 0. The number of nitrogens with two attached hydrogens (primary N) is 1. The summed E-state index contributed by atoms with van der Waals surface area (Å²) in [7, 11) is 0. The number of hydrogen-bond acceptors (Lipinski definition) is 3. The Morgan fingerprint density at radius 1 is 1.59 bits per heavy atom. The first-order chi connectivity index (χ1) is 8.16. The van der Waals surface area contributed by atoms with Crippen LogP contribution in [0.5, 0.6) is 0 Å². The van der Waals surface area contributed by atoms with E-state index in [0.717, 1.165) is 31.8 Å². The zero-order valence-corrected chi connectivity index (χ0v) is 10.3. The molecule has 1 unspecified atom stereocenters. The van der Waals surface area contributed by atoms with Crippen molar-refractivity contribution in [2.75, 3.05) is 6.54 Å². The molecule has 2 N–H and O–H groups in total. The fourth-order valence-electron chi connectivity index (χ4n) is 2.12. The molecule has 0 saturated heterocycles. The number of rotatable bonds is 4. The third-order valence-corrected chi connectivity index (χ3v) is 3.15. The van der Waals surface area contributed by atoms with Crippen molar-refractivity contribution in [3.63, 3.8) is 0 Å². The second kappa shape index (κ2) is 5.31. The lowest BCUT2D eigenvalue weighted by Crippen LogP contribution is -2.38. The normalized spacial score (nSPS) is 16.7. The quantitative estimate of drug-likeness (QED) is 0.838. The predicted octanol–water partition coefficient (Wildman–Crippen LogP) is 0.743. The van der Waals surface area contributed by atoms with Crippen LogP contribution in [-0.2, 0) is 17.9 Å². The summed E-state index contributed by atoms with van der Waals surface area (Å²) >= 11 is 0. The zero-order chi connectivity index (χ0) is 12.3. The van der Waals surface area contributed by atoms with Gasteiger partial charge in [0.1, 0.15) is 5.82 Å². The van der Waals surface area contributed by atoms with E-state index in [4.69, 9.17) is 5.73 Å². The predicted molar refractivity (Wildman–Crippen MR) is 65.1 cm³/mol. The van der Waals surface area contributed by atoms with Gasteiger partial charge < -0.3 is 15.2 Å². The van der Waals surface area contributed by atoms with Gasteiger partial charge in [-0.05, 0) is 19.8 Å². The highest BCUT2D eigenvalue weighted by atomic mass is 16.2. The summed E-state index contributed by atoms with van der Waals surface area (Å²) in [4.78, 5) is 18.1. The minimum Gasteiger partial charge on any atom is -0.333 e. The Morgan fingerprint density at radius 3 is 3.18 bits per heavy atom. The van der Waals surface area contributed by atoms with Crippen LogP contribution in [0.15, 0.2) is 12.4 Å². The number of amides is 1. The molecule has 1 atom stereocenters. The summed E-state index contributed by atoms with van der Waals surface area (Å²) in [5.74, 6) is 1.21. The van der Waals surface area contributed by atoms with Crippen LogP contribution in [0.2, 0.25) is 0 Å². The Kier molecular flexibility index (Phi) is 3.78. The average molecular weight is 236 g/mol. The van der Waals surface area contributed by atoms with Crippen LogP contribution in [0.4, 0.5) is 0 Å². The molecule has 1 aromatic rings. The molecule has 94 valence electrons. The summed E-state index contributed by atoms with van der Waals surface area (Å²) in [6, 6.07) is 0.183. The van der Waals surface area contributed by atoms with E-state index in [-0.39, 0.29) is 11.9 Å². The van der Waals surface area contributed by atoms with Crippen molar-refractivity contribution in [2.24, 2.45) is 5.73 Å². The van der Waals surface area contributed by atoms with Gasteiger partial charge in [-0.3, -0.25) is 4.79 Å². The van der Waals surface area contributed by atoms with Gasteiger partial charge >= 0.3 is 0 Å². The van der Waals surface area contributed by atoms with Crippen LogP contribution in [0.1, 0.15) is 32.0 Å². The maximum Gasteiger partial charge on any atom is 0.223 e. The third-order valence-electron chi connectivity index (χ3n) is 3.15. The average Bonchev–Trinajstić information content (AvgIpc) is 2.75. The smallest absolute Gasteiger partial charge is 0.223 e. The number of aromatic nitrogens is 2. The molecule has 0 fully saturated rings. The SMILES string of the molecule is CC(N)CCCC(=O)N1CCn2ccnc2C1. The lowest BCUT2D eigenvalue weighted by molar-refractivity contribution is -0.132. The summed E-state index contributed by atoms with van der Waals surface area (Å²) in [6.45, 7) is 4.26. The van der Waals surface area contributed by atoms with E-state index in [1.54, 1.807) is 6.20 Å². The Bertz CT molecular complexity index is 386. The van der Waals surface area contributed by atoms with Gasteiger partial charge in [0.05, 0.1) is 6.54 Å². The molecule has 1 amide bonds. The van der Waals surface area contributed by atoms with E-state index in [1.165, 1.54) is 0 Å². The highest BCUT2D eigenvalue weighted by molar-refractivity contribution is 5.76. The third kappa shape index (κ3) is 3.06. The van der Waals surface area contributed by atoms with Gasteiger partial charge in [-0.25, -0.2) is 4.98 Å². The molecule has 0 bridgehead atoms. The van der Waals surface area contributed by atoms with Crippen molar-refractivity contribution >= 4 is 5.91 Å². The number of nitrogens with zero attached hydrogens (tertiary/aromatic N) is 3. The number of carbonyl (C=O) groups excluding carboxylic acids is 1. The molecule has 0 aromatic carbocycles. The molecule has 0 saturated carbocycles. The number of hydrogen-bond donors (Lipinski definition) is 1. The van der Waals surface area contributed by atoms with Gasteiger partial charge in [0, 0.05) is 37.9 Å². The molecule has 5 heteroatoms. The van der Waals surface area contributed by atoms with Gasteiger partial charge in [-0.15, -0.1) is 0 Å². The second-order valence-electron chi connectivity index (χ2n) is 4.72. The molecule has 0 aliphatic carbocycles. The molecular weight excluding hydrogens is 216 g/mol. The number of fused-ring (bicyclic) bond motifs is 1. The standard InChI is InChI=1S/C12H20N4O/c1-10(13)3-2-4-12(17)16-8-7-15-6-5-14-11(15)9-16/h5-6,10H,2-4,7-9,13H2,1H3. The Morgan fingerprint density at radius 2 is 2.41 bits per heavy atom. The summed E-state index contributed by atoms with van der Waals surface area (Å²) < 4.78 is 2.10. The molecule has 2 rings (SSSR count). The van der Waals surface area contributed by atoms with Crippen molar-refractivity contribution in [3.05, 3.63) is 18.2 Å². The van der Waals surface area contributed by atoms with Crippen LogP contribution >= 0.6 is 0 Å². The van der Waals surface area contributed by atoms with Gasteiger partial charge in [0.2, 0.25) is 5.91 Å². The van der Waals surface area contributed by atoms with Crippen LogP contribution in [0.25, 0.3) is 0 Å². The zero-order valence-electron chi connectivity index (χ0n) is 10.3. The van der Waals surface area contributed by atoms with Crippen LogP contribution < -0.4 is 5.73 Å². The molecule has 0 radical (unpaired) electrons. The van der Waals surface area contributed by atoms with E-state index >= 15 is 0 Å². The maximum absolute atomic E-state index is 12.0. The minimum absolute atomic E-state index is 0.183. The van der Waals surface area contributed by atoms with Crippen LogP contribution in [0, 0.1) is 0 Å². The lowest BCUT2D eigenvalue weighted by atomic mass is 10.1. The van der Waals surface area contributed by atoms with E-state index < -0.39 is 0 Å². The van der Waals surface area contributed by atoms with Gasteiger partial charge in [-0.2, -0.15) is 0 Å². The van der Waals surface area contributed by atoms with Crippen molar-refractivity contribution in [1.82, 2.24) is 14.5 Å². The molecule has 5 nitrogen and oxygen atoms in total. The highest BCUT2D eigenvalue weighted by Gasteiger charge is 2.20. The lowest BCUT2D eigenvalue weighted by Gasteiger charge is -2.27. The first-order valence-electron chi connectivity index (χ1n) is 6.20. The molecule has 2 heterocycles. The monoisotopic (exact) mass is 236 g/mol. The van der Waals surface area contributed by atoms with E-state index in [1.807, 2.05) is 18.0 Å². The summed E-state index contributed by atoms with van der Waals surface area (Å²) in [5.41, 5.74) is 5.67. The topological polar surface area (TPSA) is 64.2 Å². The van der Waals surface area contributed by atoms with Crippen LogP contribution in [-0.4, -0.2) is 32.9 Å². The fourth-order valence-corrected chi connectivity index (χ4v) is 2.12. The van der Waals surface area contributed by atoms with Gasteiger partial charge in [-0.1, -0.05) is 0 Å². The Labute approximate surface area is 102 Å². The molecule has 1 aliphatic heterocycles. The van der Waals surface area contributed by atoms with Gasteiger partial charge in [0.15, 0.2) is 0 Å². The number of imidazole rings is 1. The van der Waals surface area contributed by atoms with Crippen molar-refractivity contribution in [1.29, 1.82) is 0 Å². The molecule has 17 heavy (non-hydrogen) atoms. The van der Waals surface area contributed by atoms with E-state index in [0.29, 0.717) is 13.0 Å². The number of carbonyl (C=O) groups is 1. The van der Waals surface area contributed by atoms with Crippen molar-refractivity contribution in [3.8, 4) is 0 Å². The van der Waals surface area contributed by atoms with E-state index in [2.05, 4.69) is 9.55 Å². The van der Waals surface area contributed by atoms with E-state index in [9.17, 15) is 4.79 Å². The maximum atomic E-state index is 12.0. The molecular formula is C12H20N4O. The fraction of sp³-hybridized carbons (Fsp3) is 0.667. The first-order valence-corrected chi connectivity index (χ1v) is 6.20. The van der Waals surface area contributed by atoms with Crippen molar-refractivity contribution in [2.45, 2.75) is 45.3 Å². The van der Waals surface area contributed by atoms with Crippen LogP contribution in [0.3, 0.4) is 0 Å². The molecule has 1 aromatic heterocycles. The van der Waals surface area contributed by atoms with Crippen molar-refractivity contribution < 1.29 is 4.79 Å². The molecule has 1 aliphatic rings. The first kappa shape index (κ1) is 12.1. The minimum atomic E-state index is 0.183.